The van der Waals surface area contributed by atoms with Gasteiger partial charge in [-0.05, 0) is 54.5 Å². The Morgan fingerprint density at radius 3 is 2.82 bits per heavy atom. The minimum absolute atomic E-state index is 0.159. The van der Waals surface area contributed by atoms with Crippen LogP contribution in [-0.2, 0) is 18.6 Å². The highest BCUT2D eigenvalue weighted by molar-refractivity contribution is 7.98. The summed E-state index contributed by atoms with van der Waals surface area (Å²) in [4.78, 5) is 15.0. The second-order valence-electron chi connectivity index (χ2n) is 5.50. The minimum atomic E-state index is -0.159. The van der Waals surface area contributed by atoms with Crippen LogP contribution in [0.25, 0.3) is 0 Å². The first-order valence-electron chi connectivity index (χ1n) is 7.48. The maximum absolute atomic E-state index is 12.0. The van der Waals surface area contributed by atoms with Crippen LogP contribution in [0.4, 0.5) is 5.69 Å². The molecule has 4 nitrogen and oxygen atoms in total. The minimum Gasteiger partial charge on any atom is -0.497 e. The number of rotatable bonds is 4. The first-order chi connectivity index (χ1) is 10.7. The topological polar surface area (TPSA) is 68.1 Å². The number of nitrogens with one attached hydrogen (secondary N) is 1. The van der Waals surface area contributed by atoms with E-state index in [1.54, 1.807) is 18.9 Å². The van der Waals surface area contributed by atoms with Crippen molar-refractivity contribution in [2.24, 2.45) is 0 Å². The lowest BCUT2D eigenvalue weighted by molar-refractivity contribution is 0.414. The fourth-order valence-corrected chi connectivity index (χ4v) is 3.93. The van der Waals surface area contributed by atoms with Gasteiger partial charge in [0.05, 0.1) is 12.1 Å². The maximum Gasteiger partial charge on any atom is 0.272 e. The number of anilines is 1. The van der Waals surface area contributed by atoms with Crippen LogP contribution in [0.15, 0.2) is 34.1 Å². The molecule has 0 radical (unpaired) electrons. The van der Waals surface area contributed by atoms with Gasteiger partial charge in [-0.25, -0.2) is 0 Å². The molecule has 0 atom stereocenters. The highest BCUT2D eigenvalue weighted by Crippen LogP contribution is 2.32. The van der Waals surface area contributed by atoms with Crippen LogP contribution in [-0.4, -0.2) is 12.1 Å². The number of fused-ring (bicyclic) bond motifs is 1. The molecular weight excluding hydrogens is 296 g/mol. The summed E-state index contributed by atoms with van der Waals surface area (Å²) < 4.78 is 5.25. The molecule has 0 saturated carbocycles. The normalized spacial score (nSPS) is 13.7. The molecule has 1 aromatic heterocycles. The summed E-state index contributed by atoms with van der Waals surface area (Å²) in [7, 11) is 1.67. The molecule has 0 saturated heterocycles. The Balaban J connectivity index is 1.86. The third-order valence-corrected chi connectivity index (χ3v) is 5.17. The second kappa shape index (κ2) is 6.48. The van der Waals surface area contributed by atoms with E-state index in [0.29, 0.717) is 5.69 Å². The van der Waals surface area contributed by atoms with Gasteiger partial charge in [-0.3, -0.25) is 4.79 Å². The number of aromatic nitrogens is 1. The van der Waals surface area contributed by atoms with Crippen molar-refractivity contribution in [1.82, 2.24) is 4.98 Å². The van der Waals surface area contributed by atoms with Crippen molar-refractivity contribution in [1.29, 1.82) is 0 Å². The van der Waals surface area contributed by atoms with E-state index in [1.165, 1.54) is 11.1 Å². The molecule has 1 aromatic carbocycles. The van der Waals surface area contributed by atoms with Crippen molar-refractivity contribution in [3.05, 3.63) is 51.3 Å². The molecule has 1 aliphatic carbocycles. The number of thioether (sulfide) groups is 1. The fraction of sp³-hybridized carbons (Fsp3) is 0.353. The van der Waals surface area contributed by atoms with Crippen LogP contribution in [0.2, 0.25) is 0 Å². The van der Waals surface area contributed by atoms with E-state index in [0.717, 1.165) is 47.8 Å². The summed E-state index contributed by atoms with van der Waals surface area (Å²) in [6, 6.07) is 8.00. The van der Waals surface area contributed by atoms with E-state index in [-0.39, 0.29) is 5.56 Å². The molecule has 1 heterocycles. The molecule has 1 aliphatic rings. The average molecular weight is 316 g/mol. The van der Waals surface area contributed by atoms with E-state index >= 15 is 0 Å². The zero-order chi connectivity index (χ0) is 15.5. The Morgan fingerprint density at radius 2 is 2.05 bits per heavy atom. The van der Waals surface area contributed by atoms with Crippen molar-refractivity contribution >= 4 is 17.4 Å². The van der Waals surface area contributed by atoms with E-state index in [9.17, 15) is 4.79 Å². The molecule has 2 aromatic rings. The highest BCUT2D eigenvalue weighted by Gasteiger charge is 2.19. The maximum atomic E-state index is 12.0. The number of methoxy groups -OCH3 is 1. The van der Waals surface area contributed by atoms with E-state index < -0.39 is 0 Å². The fourth-order valence-electron chi connectivity index (χ4n) is 2.88. The third kappa shape index (κ3) is 2.99. The van der Waals surface area contributed by atoms with Crippen LogP contribution in [0.5, 0.6) is 5.75 Å². The lowest BCUT2D eigenvalue weighted by Gasteiger charge is -2.20. The summed E-state index contributed by atoms with van der Waals surface area (Å²) >= 11 is 1.66. The number of nitrogen functional groups attached to an aromatic ring is 1. The SMILES string of the molecule is COc1cccc(CSc2[nH]c(=O)c(N)c3c2CCCC3)c1. The number of nitrogens with two attached hydrogens (primary N) is 1. The number of benzene rings is 1. The second-order valence-corrected chi connectivity index (χ2v) is 6.49. The van der Waals surface area contributed by atoms with Crippen molar-refractivity contribution in [3.63, 3.8) is 0 Å². The molecular formula is C17H20N2O2S. The Bertz CT molecular complexity index is 740. The number of hydrogen-bond acceptors (Lipinski definition) is 4. The van der Waals surface area contributed by atoms with E-state index in [2.05, 4.69) is 11.1 Å². The van der Waals surface area contributed by atoms with Gasteiger partial charge in [0.1, 0.15) is 11.4 Å². The molecule has 3 N–H and O–H groups in total. The molecule has 0 unspecified atom stereocenters. The van der Waals surface area contributed by atoms with E-state index in [4.69, 9.17) is 10.5 Å². The van der Waals surface area contributed by atoms with E-state index in [1.807, 2.05) is 18.2 Å². The molecule has 116 valence electrons. The first-order valence-corrected chi connectivity index (χ1v) is 8.47. The number of hydrogen-bond donors (Lipinski definition) is 2. The van der Waals surface area contributed by atoms with Crippen LogP contribution in [0, 0.1) is 0 Å². The summed E-state index contributed by atoms with van der Waals surface area (Å²) in [5.41, 5.74) is 9.66. The highest BCUT2D eigenvalue weighted by atomic mass is 32.2. The van der Waals surface area contributed by atoms with Crippen LogP contribution < -0.4 is 16.0 Å². The van der Waals surface area contributed by atoms with Crippen LogP contribution in [0.1, 0.15) is 29.5 Å². The smallest absolute Gasteiger partial charge is 0.272 e. The van der Waals surface area contributed by atoms with Crippen LogP contribution in [0.3, 0.4) is 0 Å². The molecule has 0 spiro atoms. The van der Waals surface area contributed by atoms with Gasteiger partial charge in [0.2, 0.25) is 0 Å². The third-order valence-electron chi connectivity index (χ3n) is 4.06. The van der Waals surface area contributed by atoms with Gasteiger partial charge in [0.25, 0.3) is 5.56 Å². The Kier molecular flexibility index (Phi) is 4.43. The van der Waals surface area contributed by atoms with Gasteiger partial charge < -0.3 is 15.5 Å². The standard InChI is InChI=1S/C17H20N2O2S/c1-21-12-6-4-5-11(9-12)10-22-17-14-8-3-2-7-13(14)15(18)16(20)19-17/h4-6,9H,2-3,7-8,10,18H2,1H3,(H,19,20). The Hall–Kier alpha value is -1.88. The molecule has 22 heavy (non-hydrogen) atoms. The number of ether oxygens (including phenoxy) is 1. The summed E-state index contributed by atoms with van der Waals surface area (Å²) in [5, 5.41) is 0.969. The number of aromatic amines is 1. The molecule has 5 heteroatoms. The van der Waals surface area contributed by atoms with Gasteiger partial charge >= 0.3 is 0 Å². The van der Waals surface area contributed by atoms with Gasteiger partial charge in [-0.1, -0.05) is 12.1 Å². The van der Waals surface area contributed by atoms with Crippen molar-refractivity contribution in [2.75, 3.05) is 12.8 Å². The zero-order valence-corrected chi connectivity index (χ0v) is 13.5. The van der Waals surface area contributed by atoms with Gasteiger partial charge in [0, 0.05) is 5.75 Å². The van der Waals surface area contributed by atoms with Crippen molar-refractivity contribution in [2.45, 2.75) is 36.5 Å². The predicted molar refractivity (Wildman–Crippen MR) is 90.7 cm³/mol. The lowest BCUT2D eigenvalue weighted by Crippen LogP contribution is -2.20. The molecule has 0 amide bonds. The van der Waals surface area contributed by atoms with Crippen molar-refractivity contribution in [3.8, 4) is 5.75 Å². The first kappa shape index (κ1) is 15.0. The summed E-state index contributed by atoms with van der Waals surface area (Å²) in [6.07, 6.45) is 4.18. The number of H-pyrrole nitrogens is 1. The monoisotopic (exact) mass is 316 g/mol. The Morgan fingerprint density at radius 1 is 1.27 bits per heavy atom. The summed E-state index contributed by atoms with van der Waals surface area (Å²) in [5.74, 6) is 1.65. The molecule has 0 bridgehead atoms. The Labute approximate surface area is 134 Å². The molecule has 0 aliphatic heterocycles. The van der Waals surface area contributed by atoms with Crippen LogP contribution >= 0.6 is 11.8 Å². The zero-order valence-electron chi connectivity index (χ0n) is 12.6. The largest absolute Gasteiger partial charge is 0.497 e. The van der Waals surface area contributed by atoms with Gasteiger partial charge in [0.15, 0.2) is 0 Å². The average Bonchev–Trinajstić information content (AvgIpc) is 2.57. The lowest BCUT2D eigenvalue weighted by atomic mass is 9.92. The quantitative estimate of drug-likeness (QED) is 0.850. The molecule has 3 rings (SSSR count). The number of pyridine rings is 1. The molecule has 0 fully saturated rings. The van der Waals surface area contributed by atoms with Gasteiger partial charge in [-0.15, -0.1) is 11.8 Å². The van der Waals surface area contributed by atoms with Crippen molar-refractivity contribution < 1.29 is 4.74 Å². The summed E-state index contributed by atoms with van der Waals surface area (Å²) in [6.45, 7) is 0. The predicted octanol–water partition coefficient (Wildman–Crippen LogP) is 3.14. The van der Waals surface area contributed by atoms with Gasteiger partial charge in [-0.2, -0.15) is 0 Å².